The summed E-state index contributed by atoms with van der Waals surface area (Å²) in [5.74, 6) is -2.39. The zero-order valence-electron chi connectivity index (χ0n) is 17.2. The number of halogens is 2. The number of hydrogen-bond acceptors (Lipinski definition) is 3. The van der Waals surface area contributed by atoms with Crippen LogP contribution in [0.5, 0.6) is 0 Å². The van der Waals surface area contributed by atoms with Crippen LogP contribution in [0.25, 0.3) is 27.8 Å². The average molecular weight is 445 g/mol. The molecule has 0 spiro atoms. The Morgan fingerprint density at radius 1 is 1.12 bits per heavy atom. The van der Waals surface area contributed by atoms with Crippen molar-refractivity contribution in [2.45, 2.75) is 13.0 Å². The van der Waals surface area contributed by atoms with Crippen LogP contribution in [0.1, 0.15) is 28.0 Å². The van der Waals surface area contributed by atoms with Crippen LogP contribution in [0.2, 0.25) is 0 Å². The zero-order valence-corrected chi connectivity index (χ0v) is 17.2. The monoisotopic (exact) mass is 445 g/mol. The Bertz CT molecular complexity index is 1480. The number of allylic oxidation sites excluding steroid dienone is 4. The lowest BCUT2D eigenvalue weighted by Gasteiger charge is -2.12. The summed E-state index contributed by atoms with van der Waals surface area (Å²) in [5.41, 5.74) is 1.74. The highest BCUT2D eigenvalue weighted by Gasteiger charge is 2.28. The highest BCUT2D eigenvalue weighted by Crippen LogP contribution is 2.37. The highest BCUT2D eigenvalue weighted by molar-refractivity contribution is 6.27. The molecular formula is C26H17F2NO4. The fraction of sp³-hybridized carbons (Fsp3) is 0.0769. The second kappa shape index (κ2) is 8.02. The van der Waals surface area contributed by atoms with Gasteiger partial charge in [-0.15, -0.1) is 0 Å². The number of furan rings is 1. The number of aromatic nitrogens is 1. The lowest BCUT2D eigenvalue weighted by atomic mass is 9.93. The molecule has 2 aromatic heterocycles. The van der Waals surface area contributed by atoms with Crippen molar-refractivity contribution in [1.82, 2.24) is 4.57 Å². The lowest BCUT2D eigenvalue weighted by Crippen LogP contribution is -2.14. The van der Waals surface area contributed by atoms with Crippen LogP contribution >= 0.6 is 0 Å². The second-order valence-corrected chi connectivity index (χ2v) is 7.70. The summed E-state index contributed by atoms with van der Waals surface area (Å²) >= 11 is 0. The zero-order chi connectivity index (χ0) is 23.1. The molecule has 2 heterocycles. The van der Waals surface area contributed by atoms with E-state index in [1.807, 2.05) is 0 Å². The highest BCUT2D eigenvalue weighted by atomic mass is 19.1. The average Bonchev–Trinajstić information content (AvgIpc) is 3.43. The van der Waals surface area contributed by atoms with Gasteiger partial charge in [0.1, 0.15) is 23.1 Å². The van der Waals surface area contributed by atoms with E-state index in [0.717, 1.165) is 12.1 Å². The van der Waals surface area contributed by atoms with E-state index < -0.39 is 17.6 Å². The maximum atomic E-state index is 14.5. The molecule has 0 saturated heterocycles. The summed E-state index contributed by atoms with van der Waals surface area (Å²) in [5, 5.41) is 10.7. The third kappa shape index (κ3) is 3.57. The molecule has 0 saturated carbocycles. The summed E-state index contributed by atoms with van der Waals surface area (Å²) in [4.78, 5) is 25.2. The predicted molar refractivity (Wildman–Crippen MR) is 119 cm³/mol. The van der Waals surface area contributed by atoms with Gasteiger partial charge in [0.25, 0.3) is 0 Å². The van der Waals surface area contributed by atoms with Crippen LogP contribution in [0.15, 0.2) is 77.4 Å². The normalized spacial score (nSPS) is 13.5. The minimum Gasteiger partial charge on any atom is -0.477 e. The second-order valence-electron chi connectivity index (χ2n) is 7.70. The number of Topliss-reactive ketones (excluding diaryl/α,β-unsaturated/α-hetero) is 1. The van der Waals surface area contributed by atoms with Crippen LogP contribution < -0.4 is 0 Å². The summed E-state index contributed by atoms with van der Waals surface area (Å²) in [6.07, 6.45) is 6.69. The molecule has 164 valence electrons. The SMILES string of the molecule is O=C1CC=CC=C1c1c(C(=O)O)n(Cc2ccc(F)cc2F)c2ccc(-c3ccco3)cc12. The van der Waals surface area contributed by atoms with E-state index in [4.69, 9.17) is 4.42 Å². The third-order valence-corrected chi connectivity index (χ3v) is 5.69. The smallest absolute Gasteiger partial charge is 0.353 e. The Morgan fingerprint density at radius 3 is 2.67 bits per heavy atom. The first-order chi connectivity index (χ1) is 15.9. The Balaban J connectivity index is 1.81. The van der Waals surface area contributed by atoms with Crippen LogP contribution in [-0.2, 0) is 11.3 Å². The molecular weight excluding hydrogens is 428 g/mol. The van der Waals surface area contributed by atoms with Gasteiger partial charge in [0.15, 0.2) is 5.78 Å². The molecule has 7 heteroatoms. The molecule has 0 aliphatic heterocycles. The molecule has 0 fully saturated rings. The van der Waals surface area contributed by atoms with Crippen LogP contribution in [0.4, 0.5) is 8.78 Å². The molecule has 1 aliphatic carbocycles. The molecule has 0 atom stereocenters. The van der Waals surface area contributed by atoms with Crippen molar-refractivity contribution in [1.29, 1.82) is 0 Å². The van der Waals surface area contributed by atoms with E-state index in [2.05, 4.69) is 0 Å². The summed E-state index contributed by atoms with van der Waals surface area (Å²) in [6, 6.07) is 11.9. The number of ketones is 1. The van der Waals surface area contributed by atoms with Crippen molar-refractivity contribution in [3.63, 3.8) is 0 Å². The number of carboxylic acids is 1. The lowest BCUT2D eigenvalue weighted by molar-refractivity contribution is -0.113. The molecule has 0 radical (unpaired) electrons. The van der Waals surface area contributed by atoms with Gasteiger partial charge in [-0.1, -0.05) is 24.3 Å². The van der Waals surface area contributed by atoms with E-state index in [9.17, 15) is 23.5 Å². The molecule has 1 N–H and O–H groups in total. The van der Waals surface area contributed by atoms with Gasteiger partial charge in [-0.3, -0.25) is 4.79 Å². The van der Waals surface area contributed by atoms with Gasteiger partial charge in [-0.2, -0.15) is 0 Å². The third-order valence-electron chi connectivity index (χ3n) is 5.69. The first kappa shape index (κ1) is 20.6. The van der Waals surface area contributed by atoms with Gasteiger partial charge >= 0.3 is 5.97 Å². The number of rotatable bonds is 5. The van der Waals surface area contributed by atoms with E-state index in [0.29, 0.717) is 22.2 Å². The minimum atomic E-state index is -1.26. The van der Waals surface area contributed by atoms with Gasteiger partial charge in [0.05, 0.1) is 12.8 Å². The minimum absolute atomic E-state index is 0.126. The van der Waals surface area contributed by atoms with Crippen LogP contribution in [-0.4, -0.2) is 21.4 Å². The Labute approximate surface area is 186 Å². The molecule has 0 unspecified atom stereocenters. The largest absolute Gasteiger partial charge is 0.477 e. The van der Waals surface area contributed by atoms with Gasteiger partial charge in [0, 0.05) is 45.7 Å². The van der Waals surface area contributed by atoms with Crippen molar-refractivity contribution >= 4 is 28.2 Å². The molecule has 33 heavy (non-hydrogen) atoms. The Morgan fingerprint density at radius 2 is 1.97 bits per heavy atom. The summed E-state index contributed by atoms with van der Waals surface area (Å²) < 4.78 is 34.8. The number of benzene rings is 2. The quantitative estimate of drug-likeness (QED) is 0.419. The number of carbonyl (C=O) groups excluding carboxylic acids is 1. The van der Waals surface area contributed by atoms with Crippen LogP contribution in [0.3, 0.4) is 0 Å². The number of carboxylic acid groups (broad SMARTS) is 1. The van der Waals surface area contributed by atoms with Gasteiger partial charge in [-0.05, 0) is 36.4 Å². The van der Waals surface area contributed by atoms with Crippen molar-refractivity contribution in [3.8, 4) is 11.3 Å². The van der Waals surface area contributed by atoms with Gasteiger partial charge < -0.3 is 14.1 Å². The van der Waals surface area contributed by atoms with Crippen molar-refractivity contribution < 1.29 is 27.9 Å². The van der Waals surface area contributed by atoms with E-state index >= 15 is 0 Å². The number of carbonyl (C=O) groups is 2. The number of fused-ring (bicyclic) bond motifs is 1. The summed E-state index contributed by atoms with van der Waals surface area (Å²) in [7, 11) is 0. The predicted octanol–water partition coefficient (Wildman–Crippen LogP) is 5.84. The molecule has 0 bridgehead atoms. The van der Waals surface area contributed by atoms with Crippen LogP contribution in [0, 0.1) is 11.6 Å². The van der Waals surface area contributed by atoms with Crippen molar-refractivity contribution in [3.05, 3.63) is 101 Å². The fourth-order valence-electron chi connectivity index (χ4n) is 4.20. The maximum Gasteiger partial charge on any atom is 0.353 e. The fourth-order valence-corrected chi connectivity index (χ4v) is 4.20. The standard InChI is InChI=1S/C26H17F2NO4/c27-17-9-7-16(20(28)13-17)14-29-21-10-8-15(23-6-3-11-33-23)12-19(21)24(25(29)26(31)32)18-4-1-2-5-22(18)30/h1-4,6-13H,5,14H2,(H,31,32). The molecule has 1 aliphatic rings. The van der Waals surface area contributed by atoms with E-state index in [1.165, 1.54) is 16.9 Å². The van der Waals surface area contributed by atoms with Crippen molar-refractivity contribution in [2.75, 3.05) is 0 Å². The van der Waals surface area contributed by atoms with E-state index in [-0.39, 0.29) is 41.1 Å². The van der Waals surface area contributed by atoms with Gasteiger partial charge in [-0.25, -0.2) is 13.6 Å². The topological polar surface area (TPSA) is 72.4 Å². The summed E-state index contributed by atoms with van der Waals surface area (Å²) in [6.45, 7) is -0.151. The van der Waals surface area contributed by atoms with E-state index in [1.54, 1.807) is 48.6 Å². The van der Waals surface area contributed by atoms with Gasteiger partial charge in [0.2, 0.25) is 0 Å². The molecule has 2 aromatic carbocycles. The molecule has 4 aromatic rings. The first-order valence-corrected chi connectivity index (χ1v) is 10.2. The maximum absolute atomic E-state index is 14.5. The Kier molecular flexibility index (Phi) is 5.01. The molecule has 5 rings (SSSR count). The Hall–Kier alpha value is -4.26. The number of nitrogens with zero attached hydrogens (tertiary/aromatic N) is 1. The first-order valence-electron chi connectivity index (χ1n) is 10.2. The molecule has 5 nitrogen and oxygen atoms in total. The number of aromatic carboxylic acids is 1. The van der Waals surface area contributed by atoms with Crippen molar-refractivity contribution in [2.24, 2.45) is 0 Å². The number of hydrogen-bond donors (Lipinski definition) is 1. The molecule has 0 amide bonds.